The monoisotopic (exact) mass is 227 g/mol. The SMILES string of the molecule is COCC(=O)N1CCC2(CC1)CC2C(=O)O. The van der Waals surface area contributed by atoms with Crippen molar-refractivity contribution in [2.24, 2.45) is 11.3 Å². The summed E-state index contributed by atoms with van der Waals surface area (Å²) in [5.74, 6) is -0.853. The Bertz CT molecular complexity index is 307. The van der Waals surface area contributed by atoms with Crippen LogP contribution in [0.4, 0.5) is 0 Å². The summed E-state index contributed by atoms with van der Waals surface area (Å²) < 4.78 is 4.80. The molecule has 16 heavy (non-hydrogen) atoms. The molecule has 0 aromatic heterocycles. The Hall–Kier alpha value is -1.10. The first-order valence-electron chi connectivity index (χ1n) is 5.58. The molecule has 1 saturated heterocycles. The molecule has 0 aromatic rings. The highest BCUT2D eigenvalue weighted by Crippen LogP contribution is 2.59. The van der Waals surface area contributed by atoms with Crippen molar-refractivity contribution in [1.29, 1.82) is 0 Å². The molecule has 0 aromatic carbocycles. The van der Waals surface area contributed by atoms with Crippen LogP contribution >= 0.6 is 0 Å². The third kappa shape index (κ3) is 1.91. The van der Waals surface area contributed by atoms with Crippen LogP contribution in [-0.4, -0.2) is 48.7 Å². The van der Waals surface area contributed by atoms with Crippen LogP contribution in [0, 0.1) is 11.3 Å². The molecule has 1 saturated carbocycles. The van der Waals surface area contributed by atoms with Crippen molar-refractivity contribution in [3.63, 3.8) is 0 Å². The lowest BCUT2D eigenvalue weighted by molar-refractivity contribution is -0.140. The van der Waals surface area contributed by atoms with Gasteiger partial charge in [0.1, 0.15) is 6.61 Å². The van der Waals surface area contributed by atoms with Gasteiger partial charge in [0.25, 0.3) is 0 Å². The van der Waals surface area contributed by atoms with Crippen LogP contribution < -0.4 is 0 Å². The van der Waals surface area contributed by atoms with E-state index >= 15 is 0 Å². The number of carboxylic acid groups (broad SMARTS) is 1. The smallest absolute Gasteiger partial charge is 0.307 e. The third-order valence-corrected chi connectivity index (χ3v) is 3.87. The Kier molecular flexibility index (Phi) is 2.88. The fraction of sp³-hybridized carbons (Fsp3) is 0.818. The van der Waals surface area contributed by atoms with E-state index in [1.165, 1.54) is 7.11 Å². The quantitative estimate of drug-likeness (QED) is 0.755. The fourth-order valence-corrected chi connectivity index (χ4v) is 2.67. The highest BCUT2D eigenvalue weighted by atomic mass is 16.5. The standard InChI is InChI=1S/C11H17NO4/c1-16-7-9(13)12-4-2-11(3-5-12)6-8(11)10(14)15/h8H,2-7H2,1H3,(H,14,15). The molecular formula is C11H17NO4. The molecule has 2 fully saturated rings. The van der Waals surface area contributed by atoms with E-state index in [1.54, 1.807) is 4.90 Å². The lowest BCUT2D eigenvalue weighted by atomic mass is 9.91. The highest BCUT2D eigenvalue weighted by Gasteiger charge is 2.59. The number of piperidine rings is 1. The molecule has 2 rings (SSSR count). The maximum absolute atomic E-state index is 11.5. The van der Waals surface area contributed by atoms with E-state index in [4.69, 9.17) is 9.84 Å². The molecule has 0 radical (unpaired) electrons. The number of carbonyl (C=O) groups is 2. The zero-order valence-electron chi connectivity index (χ0n) is 9.44. The van der Waals surface area contributed by atoms with Crippen LogP contribution in [0.2, 0.25) is 0 Å². The minimum atomic E-state index is -0.684. The number of aliphatic carboxylic acids is 1. The van der Waals surface area contributed by atoms with Crippen LogP contribution in [0.25, 0.3) is 0 Å². The van der Waals surface area contributed by atoms with Crippen molar-refractivity contribution in [2.45, 2.75) is 19.3 Å². The number of amides is 1. The average Bonchev–Trinajstić information content (AvgIpc) is 2.94. The minimum Gasteiger partial charge on any atom is -0.481 e. The van der Waals surface area contributed by atoms with Gasteiger partial charge in [0, 0.05) is 20.2 Å². The summed E-state index contributed by atoms with van der Waals surface area (Å²) in [6.07, 6.45) is 2.42. The lowest BCUT2D eigenvalue weighted by Crippen LogP contribution is -2.41. The van der Waals surface area contributed by atoms with Crippen LogP contribution in [-0.2, 0) is 14.3 Å². The highest BCUT2D eigenvalue weighted by molar-refractivity contribution is 5.78. The van der Waals surface area contributed by atoms with E-state index in [9.17, 15) is 9.59 Å². The van der Waals surface area contributed by atoms with Gasteiger partial charge in [0.05, 0.1) is 5.92 Å². The van der Waals surface area contributed by atoms with Gasteiger partial charge in [-0.15, -0.1) is 0 Å². The minimum absolute atomic E-state index is 0.00428. The van der Waals surface area contributed by atoms with Gasteiger partial charge in [-0.25, -0.2) is 0 Å². The van der Waals surface area contributed by atoms with Gasteiger partial charge >= 0.3 is 5.97 Å². The van der Waals surface area contributed by atoms with Gasteiger partial charge in [-0.3, -0.25) is 9.59 Å². The molecule has 1 amide bonds. The zero-order valence-corrected chi connectivity index (χ0v) is 9.44. The summed E-state index contributed by atoms with van der Waals surface area (Å²) in [6, 6.07) is 0. The van der Waals surface area contributed by atoms with Crippen molar-refractivity contribution in [3.05, 3.63) is 0 Å². The van der Waals surface area contributed by atoms with Crippen LogP contribution in [0.1, 0.15) is 19.3 Å². The van der Waals surface area contributed by atoms with Crippen LogP contribution in [0.15, 0.2) is 0 Å². The number of carboxylic acids is 1. The first kappa shape index (κ1) is 11.4. The summed E-state index contributed by atoms with van der Waals surface area (Å²) in [4.78, 5) is 24.2. The second-order valence-corrected chi connectivity index (χ2v) is 4.77. The van der Waals surface area contributed by atoms with Gasteiger partial charge in [0.15, 0.2) is 0 Å². The molecule has 5 nitrogen and oxygen atoms in total. The number of hydrogen-bond acceptors (Lipinski definition) is 3. The van der Waals surface area contributed by atoms with Gasteiger partial charge in [-0.2, -0.15) is 0 Å². The second-order valence-electron chi connectivity index (χ2n) is 4.77. The lowest BCUT2D eigenvalue weighted by Gasteiger charge is -2.32. The molecule has 1 aliphatic carbocycles. The number of nitrogens with zero attached hydrogens (tertiary/aromatic N) is 1. The molecule has 5 heteroatoms. The Morgan fingerprint density at radius 2 is 2.06 bits per heavy atom. The van der Waals surface area contributed by atoms with Gasteiger partial charge < -0.3 is 14.7 Å². The predicted molar refractivity (Wildman–Crippen MR) is 55.9 cm³/mol. The van der Waals surface area contributed by atoms with E-state index in [1.807, 2.05) is 0 Å². The third-order valence-electron chi connectivity index (χ3n) is 3.87. The van der Waals surface area contributed by atoms with E-state index in [-0.39, 0.29) is 23.8 Å². The van der Waals surface area contributed by atoms with Crippen molar-refractivity contribution < 1.29 is 19.4 Å². The molecule has 1 heterocycles. The van der Waals surface area contributed by atoms with Crippen molar-refractivity contribution >= 4 is 11.9 Å². The van der Waals surface area contributed by atoms with Crippen LogP contribution in [0.5, 0.6) is 0 Å². The average molecular weight is 227 g/mol. The molecular weight excluding hydrogens is 210 g/mol. The first-order valence-corrected chi connectivity index (χ1v) is 5.58. The van der Waals surface area contributed by atoms with Gasteiger partial charge in [-0.05, 0) is 24.7 Å². The van der Waals surface area contributed by atoms with Gasteiger partial charge in [0.2, 0.25) is 5.91 Å². The number of likely N-dealkylation sites (tertiary alicyclic amines) is 1. The van der Waals surface area contributed by atoms with E-state index in [2.05, 4.69) is 0 Å². The maximum atomic E-state index is 11.5. The van der Waals surface area contributed by atoms with Crippen molar-refractivity contribution in [3.8, 4) is 0 Å². The number of rotatable bonds is 3. The molecule has 2 aliphatic rings. The predicted octanol–water partition coefficient (Wildman–Crippen LogP) is 0.346. The Morgan fingerprint density at radius 1 is 1.44 bits per heavy atom. The molecule has 0 bridgehead atoms. The van der Waals surface area contributed by atoms with Crippen molar-refractivity contribution in [2.75, 3.05) is 26.8 Å². The second kappa shape index (κ2) is 4.05. The molecule has 1 aliphatic heterocycles. The molecule has 1 atom stereocenters. The van der Waals surface area contributed by atoms with Crippen molar-refractivity contribution in [1.82, 2.24) is 4.90 Å². The topological polar surface area (TPSA) is 66.8 Å². The fourth-order valence-electron chi connectivity index (χ4n) is 2.67. The normalized spacial score (nSPS) is 26.8. The van der Waals surface area contributed by atoms with E-state index in [0.29, 0.717) is 13.1 Å². The first-order chi connectivity index (χ1) is 7.59. The largest absolute Gasteiger partial charge is 0.481 e. The molecule has 90 valence electrons. The van der Waals surface area contributed by atoms with Crippen LogP contribution in [0.3, 0.4) is 0 Å². The Morgan fingerprint density at radius 3 is 2.50 bits per heavy atom. The number of carbonyl (C=O) groups excluding carboxylic acids is 1. The number of ether oxygens (including phenoxy) is 1. The Labute approximate surface area is 94.4 Å². The van der Waals surface area contributed by atoms with E-state index in [0.717, 1.165) is 19.3 Å². The maximum Gasteiger partial charge on any atom is 0.307 e. The zero-order chi connectivity index (χ0) is 11.8. The summed E-state index contributed by atoms with van der Waals surface area (Å²) in [5.41, 5.74) is -0.00428. The Balaban J connectivity index is 1.84. The summed E-state index contributed by atoms with van der Waals surface area (Å²) >= 11 is 0. The number of methoxy groups -OCH3 is 1. The summed E-state index contributed by atoms with van der Waals surface area (Å²) in [7, 11) is 1.50. The molecule has 1 spiro atoms. The molecule has 1 N–H and O–H groups in total. The number of hydrogen-bond donors (Lipinski definition) is 1. The van der Waals surface area contributed by atoms with Gasteiger partial charge in [-0.1, -0.05) is 0 Å². The van der Waals surface area contributed by atoms with E-state index < -0.39 is 5.97 Å². The summed E-state index contributed by atoms with van der Waals surface area (Å²) in [5, 5.41) is 8.93. The molecule has 1 unspecified atom stereocenters. The summed E-state index contributed by atoms with van der Waals surface area (Å²) in [6.45, 7) is 1.47.